The Labute approximate surface area is 87.4 Å². The quantitative estimate of drug-likeness (QED) is 0.319. The second-order valence-electron chi connectivity index (χ2n) is 3.15. The van der Waals surface area contributed by atoms with E-state index in [1.54, 1.807) is 6.08 Å². The molecule has 0 aromatic carbocycles. The number of unbranched alkanes of at least 4 members (excludes halogenated alkanes) is 4. The fourth-order valence-electron chi connectivity index (χ4n) is 1.11. The van der Waals surface area contributed by atoms with Crippen molar-refractivity contribution in [1.82, 2.24) is 0 Å². The summed E-state index contributed by atoms with van der Waals surface area (Å²) < 4.78 is 0. The summed E-state index contributed by atoms with van der Waals surface area (Å²) in [6.45, 7) is 3.68. The van der Waals surface area contributed by atoms with Crippen LogP contribution >= 0.6 is 0 Å². The molecule has 0 aliphatic heterocycles. The monoisotopic (exact) mass is 189 g/mol. The van der Waals surface area contributed by atoms with Gasteiger partial charge in [-0.1, -0.05) is 24.3 Å². The van der Waals surface area contributed by atoms with Gasteiger partial charge in [0.2, 0.25) is 0 Å². The molecule has 0 aliphatic carbocycles. The predicted octanol–water partition coefficient (Wildman–Crippen LogP) is 4.15. The molecule has 0 aromatic heterocycles. The largest absolute Gasteiger partial charge is 0.193 e. The van der Waals surface area contributed by atoms with Crippen LogP contribution in [0.2, 0.25) is 0 Å². The van der Waals surface area contributed by atoms with E-state index in [1.165, 1.54) is 6.42 Å². The van der Waals surface area contributed by atoms with Gasteiger partial charge in [0.1, 0.15) is 0 Å². The van der Waals surface area contributed by atoms with E-state index in [9.17, 15) is 0 Å². The lowest BCUT2D eigenvalue weighted by atomic mass is 10.2. The average Bonchev–Trinajstić information content (AvgIpc) is 2.21. The van der Waals surface area contributed by atoms with Crippen molar-refractivity contribution >= 4 is 0 Å². The van der Waals surface area contributed by atoms with E-state index >= 15 is 0 Å². The Morgan fingerprint density at radius 2 is 1.50 bits per heavy atom. The highest BCUT2D eigenvalue weighted by Crippen LogP contribution is 2.01. The lowest BCUT2D eigenvalue weighted by Gasteiger charge is -1.91. The van der Waals surface area contributed by atoms with E-state index in [-0.39, 0.29) is 0 Å². The van der Waals surface area contributed by atoms with Gasteiger partial charge in [0.15, 0.2) is 0 Å². The summed E-state index contributed by atoms with van der Waals surface area (Å²) in [4.78, 5) is 0. The molecule has 1 nitrogen and oxygen atoms in total. The van der Waals surface area contributed by atoms with Crippen molar-refractivity contribution in [2.45, 2.75) is 38.5 Å². The summed E-state index contributed by atoms with van der Waals surface area (Å²) in [5, 5.41) is 8.23. The van der Waals surface area contributed by atoms with Gasteiger partial charge in [-0.15, -0.1) is 6.58 Å². The summed E-state index contributed by atoms with van der Waals surface area (Å²) in [5.74, 6) is 0. The molecule has 0 fully saturated rings. The first-order valence-corrected chi connectivity index (χ1v) is 5.22. The molecule has 0 aromatic rings. The van der Waals surface area contributed by atoms with Gasteiger partial charge in [-0.3, -0.25) is 0 Å². The summed E-state index contributed by atoms with van der Waals surface area (Å²) >= 11 is 0. The number of nitrogens with zero attached hydrogens (tertiary/aromatic N) is 1. The van der Waals surface area contributed by atoms with Crippen LogP contribution in [0.15, 0.2) is 37.0 Å². The molecule has 0 bridgehead atoms. The third-order valence-corrected chi connectivity index (χ3v) is 1.88. The van der Waals surface area contributed by atoms with Gasteiger partial charge in [-0.05, 0) is 38.5 Å². The van der Waals surface area contributed by atoms with Crippen molar-refractivity contribution in [2.75, 3.05) is 0 Å². The molecule has 1 heteroatoms. The van der Waals surface area contributed by atoms with Gasteiger partial charge in [-0.25, -0.2) is 0 Å². The highest BCUT2D eigenvalue weighted by Gasteiger charge is 1.81. The molecule has 0 rings (SSSR count). The Morgan fingerprint density at radius 1 is 0.929 bits per heavy atom. The van der Waals surface area contributed by atoms with Crippen molar-refractivity contribution in [1.29, 1.82) is 5.26 Å². The molecule has 0 radical (unpaired) electrons. The van der Waals surface area contributed by atoms with Crippen molar-refractivity contribution < 1.29 is 0 Å². The number of rotatable bonds is 8. The SMILES string of the molecule is C=CCCC/C=C/CCC/C=C/C#N. The maximum atomic E-state index is 8.23. The number of hydrogen-bond donors (Lipinski definition) is 0. The van der Waals surface area contributed by atoms with E-state index < -0.39 is 0 Å². The van der Waals surface area contributed by atoms with Crippen molar-refractivity contribution in [3.8, 4) is 6.07 Å². The van der Waals surface area contributed by atoms with Crippen LogP contribution in [0, 0.1) is 11.3 Å². The molecule has 0 heterocycles. The highest BCUT2D eigenvalue weighted by molar-refractivity contribution is 5.01. The van der Waals surface area contributed by atoms with Gasteiger partial charge in [0.25, 0.3) is 0 Å². The molecule has 76 valence electrons. The van der Waals surface area contributed by atoms with Crippen LogP contribution in [-0.2, 0) is 0 Å². The maximum Gasteiger partial charge on any atom is 0.0908 e. The molecular weight excluding hydrogens is 170 g/mol. The van der Waals surface area contributed by atoms with Crippen LogP contribution in [0.1, 0.15) is 38.5 Å². The summed E-state index contributed by atoms with van der Waals surface area (Å²) in [6.07, 6.45) is 16.6. The van der Waals surface area contributed by atoms with E-state index in [0.29, 0.717) is 0 Å². The van der Waals surface area contributed by atoms with E-state index in [1.807, 2.05) is 18.2 Å². The van der Waals surface area contributed by atoms with Gasteiger partial charge in [0.05, 0.1) is 6.07 Å². The van der Waals surface area contributed by atoms with Crippen molar-refractivity contribution in [2.24, 2.45) is 0 Å². The van der Waals surface area contributed by atoms with Gasteiger partial charge in [0, 0.05) is 6.08 Å². The minimum absolute atomic E-state index is 1.00. The summed E-state index contributed by atoms with van der Waals surface area (Å²) in [7, 11) is 0. The Morgan fingerprint density at radius 3 is 2.07 bits per heavy atom. The lowest BCUT2D eigenvalue weighted by molar-refractivity contribution is 0.842. The van der Waals surface area contributed by atoms with E-state index in [0.717, 1.165) is 32.1 Å². The average molecular weight is 189 g/mol. The molecule has 0 N–H and O–H groups in total. The fraction of sp³-hybridized carbons (Fsp3) is 0.462. The first-order valence-electron chi connectivity index (χ1n) is 5.22. The van der Waals surface area contributed by atoms with Crippen LogP contribution in [0.4, 0.5) is 0 Å². The van der Waals surface area contributed by atoms with Crippen LogP contribution in [-0.4, -0.2) is 0 Å². The van der Waals surface area contributed by atoms with E-state index in [4.69, 9.17) is 5.26 Å². The Balaban J connectivity index is 3.15. The topological polar surface area (TPSA) is 23.8 Å². The molecule has 0 amide bonds. The molecule has 0 saturated carbocycles. The zero-order valence-electron chi connectivity index (χ0n) is 8.78. The van der Waals surface area contributed by atoms with Crippen molar-refractivity contribution in [3.05, 3.63) is 37.0 Å². The number of hydrogen-bond acceptors (Lipinski definition) is 1. The van der Waals surface area contributed by atoms with Crippen LogP contribution < -0.4 is 0 Å². The highest BCUT2D eigenvalue weighted by atomic mass is 14.2. The molecule has 0 saturated heterocycles. The van der Waals surface area contributed by atoms with Crippen molar-refractivity contribution in [3.63, 3.8) is 0 Å². The first kappa shape index (κ1) is 12.7. The molecule has 14 heavy (non-hydrogen) atoms. The molecule has 0 spiro atoms. The third-order valence-electron chi connectivity index (χ3n) is 1.88. The van der Waals surface area contributed by atoms with Gasteiger partial charge in [-0.2, -0.15) is 5.26 Å². The van der Waals surface area contributed by atoms with E-state index in [2.05, 4.69) is 18.7 Å². The van der Waals surface area contributed by atoms with Gasteiger partial charge < -0.3 is 0 Å². The second-order valence-corrected chi connectivity index (χ2v) is 3.15. The first-order chi connectivity index (χ1) is 6.91. The zero-order chi connectivity index (χ0) is 10.5. The van der Waals surface area contributed by atoms with Crippen LogP contribution in [0.5, 0.6) is 0 Å². The van der Waals surface area contributed by atoms with Crippen LogP contribution in [0.25, 0.3) is 0 Å². The molecule has 0 atom stereocenters. The Bertz CT molecular complexity index is 218. The Kier molecular flexibility index (Phi) is 10.6. The maximum absolute atomic E-state index is 8.23. The normalized spacial score (nSPS) is 10.8. The van der Waals surface area contributed by atoms with Crippen LogP contribution in [0.3, 0.4) is 0 Å². The second kappa shape index (κ2) is 11.7. The minimum Gasteiger partial charge on any atom is -0.193 e. The number of nitriles is 1. The number of allylic oxidation sites excluding steroid dienone is 5. The summed E-state index contributed by atoms with van der Waals surface area (Å²) in [5.41, 5.74) is 0. The summed E-state index contributed by atoms with van der Waals surface area (Å²) in [6, 6.07) is 1.98. The molecule has 0 aliphatic rings. The predicted molar refractivity (Wildman–Crippen MR) is 61.8 cm³/mol. The third kappa shape index (κ3) is 10.7. The minimum atomic E-state index is 1.00. The van der Waals surface area contributed by atoms with Gasteiger partial charge >= 0.3 is 0 Å². The zero-order valence-corrected chi connectivity index (χ0v) is 8.78. The molecular formula is C13H19N. The molecule has 0 unspecified atom stereocenters. The smallest absolute Gasteiger partial charge is 0.0908 e. The fourth-order valence-corrected chi connectivity index (χ4v) is 1.11. The Hall–Kier alpha value is -1.29. The lowest BCUT2D eigenvalue weighted by Crippen LogP contribution is -1.71. The standard InChI is InChI=1S/C13H19N/c1-2-3-4-5-6-7-8-9-10-11-12-13-14/h2,6-7,11-12H,1,3-5,8-10H2/b7-6+,12-11+.